The van der Waals surface area contributed by atoms with Crippen molar-refractivity contribution in [2.24, 2.45) is 0 Å². The smallest absolute Gasteiger partial charge is 0.338 e. The second-order valence-corrected chi connectivity index (χ2v) is 12.5. The Labute approximate surface area is 311 Å². The number of carbonyl (C=O) groups excluding carboxylic acids is 4. The number of hydrogen-bond donors (Lipinski definition) is 0. The number of ether oxygens (including phenoxy) is 4. The average molecular weight is 727 g/mol. The van der Waals surface area contributed by atoms with Gasteiger partial charge >= 0.3 is 11.9 Å². The number of methoxy groups -OCH3 is 1. The Morgan fingerprint density at radius 1 is 0.870 bits per heavy atom. The summed E-state index contributed by atoms with van der Waals surface area (Å²) in [4.78, 5) is 64.2. The monoisotopic (exact) mass is 726 g/mol. The van der Waals surface area contributed by atoms with Gasteiger partial charge in [0.25, 0.3) is 11.8 Å². The Morgan fingerprint density at radius 2 is 1.52 bits per heavy atom. The molecule has 12 heteroatoms. The zero-order valence-electron chi connectivity index (χ0n) is 30.0. The highest BCUT2D eigenvalue weighted by Crippen LogP contribution is 2.36. The number of aromatic nitrogens is 3. The first-order valence-electron chi connectivity index (χ1n) is 17.1. The predicted molar refractivity (Wildman–Crippen MR) is 201 cm³/mol. The number of imide groups is 1. The van der Waals surface area contributed by atoms with Crippen molar-refractivity contribution in [3.8, 4) is 5.88 Å². The summed E-state index contributed by atoms with van der Waals surface area (Å²) in [7, 11) is 1.41. The fourth-order valence-electron chi connectivity index (χ4n) is 5.92. The molecule has 3 aromatic carbocycles. The Balaban J connectivity index is 1.37. The van der Waals surface area contributed by atoms with Crippen LogP contribution in [-0.4, -0.2) is 64.2 Å². The zero-order valence-corrected chi connectivity index (χ0v) is 30.0. The van der Waals surface area contributed by atoms with Crippen LogP contribution in [0.3, 0.4) is 0 Å². The number of carbonyl (C=O) groups is 4. The van der Waals surface area contributed by atoms with E-state index in [0.717, 1.165) is 16.0 Å². The molecule has 3 unspecified atom stereocenters. The van der Waals surface area contributed by atoms with E-state index in [9.17, 15) is 19.2 Å². The van der Waals surface area contributed by atoms with E-state index in [1.165, 1.54) is 25.3 Å². The Hall–Kier alpha value is -6.66. The van der Waals surface area contributed by atoms with Crippen LogP contribution in [0.5, 0.6) is 5.88 Å². The number of esters is 2. The number of aryl methyl sites for hydroxylation is 2. The molecule has 0 N–H and O–H groups in total. The van der Waals surface area contributed by atoms with Gasteiger partial charge in [0.15, 0.2) is 5.65 Å². The maximum atomic E-state index is 14.0. The van der Waals surface area contributed by atoms with E-state index in [2.05, 4.69) is 18.1 Å². The van der Waals surface area contributed by atoms with Crippen LogP contribution in [-0.2, 0) is 19.0 Å². The van der Waals surface area contributed by atoms with E-state index in [1.807, 2.05) is 38.1 Å². The molecule has 0 saturated carbocycles. The van der Waals surface area contributed by atoms with Gasteiger partial charge in [-0.25, -0.2) is 14.5 Å². The Bertz CT molecular complexity index is 2240. The second kappa shape index (κ2) is 16.3. The quantitative estimate of drug-likeness (QED) is 0.0758. The third-order valence-corrected chi connectivity index (χ3v) is 8.81. The van der Waals surface area contributed by atoms with Gasteiger partial charge in [0, 0.05) is 23.8 Å². The van der Waals surface area contributed by atoms with Crippen LogP contribution in [0.15, 0.2) is 128 Å². The van der Waals surface area contributed by atoms with Crippen LogP contribution in [0, 0.1) is 13.8 Å². The van der Waals surface area contributed by atoms with Crippen LogP contribution in [0.4, 0.5) is 5.95 Å². The summed E-state index contributed by atoms with van der Waals surface area (Å²) in [5, 5.41) is 0.456. The van der Waals surface area contributed by atoms with E-state index in [-0.39, 0.29) is 41.6 Å². The number of fused-ring (bicyclic) bond motifs is 1. The molecule has 1 aliphatic rings. The maximum absolute atomic E-state index is 14.0. The van der Waals surface area contributed by atoms with Crippen molar-refractivity contribution in [3.63, 3.8) is 0 Å². The molecule has 274 valence electrons. The minimum Gasteiger partial charge on any atom is -0.480 e. The van der Waals surface area contributed by atoms with Crippen LogP contribution < -0.4 is 9.64 Å². The van der Waals surface area contributed by atoms with Gasteiger partial charge in [-0.3, -0.25) is 9.59 Å². The molecule has 6 rings (SSSR count). The Morgan fingerprint density at radius 3 is 2.13 bits per heavy atom. The molecule has 0 bridgehead atoms. The molecule has 3 atom stereocenters. The van der Waals surface area contributed by atoms with Crippen molar-refractivity contribution in [1.82, 2.24) is 14.5 Å². The molecule has 0 radical (unpaired) electrons. The van der Waals surface area contributed by atoms with Gasteiger partial charge in [0.05, 0.1) is 23.6 Å². The van der Waals surface area contributed by atoms with E-state index >= 15 is 0 Å². The average Bonchev–Trinajstić information content (AvgIpc) is 3.80. The predicted octanol–water partition coefficient (Wildman–Crippen LogP) is 6.90. The highest BCUT2D eigenvalue weighted by atomic mass is 16.6. The third kappa shape index (κ3) is 7.88. The van der Waals surface area contributed by atoms with Gasteiger partial charge in [-0.2, -0.15) is 9.97 Å². The first-order chi connectivity index (χ1) is 26.1. The molecule has 0 aliphatic carbocycles. The van der Waals surface area contributed by atoms with Crippen LogP contribution in [0.1, 0.15) is 54.8 Å². The SMILES string of the molecule is C=C/C=C(\C=C)C(=O)N(C(=O)c1ccccc1)c1nc(OC)c2ccn(C3CC(OC(=O)c4ccc(C)cc4)C(COC(=O)c4ccc(C)cc4)O3)c2n1. The largest absolute Gasteiger partial charge is 0.480 e. The van der Waals surface area contributed by atoms with Gasteiger partial charge in [0.1, 0.15) is 25.0 Å². The van der Waals surface area contributed by atoms with Gasteiger partial charge in [-0.15, -0.1) is 0 Å². The van der Waals surface area contributed by atoms with E-state index in [4.69, 9.17) is 23.9 Å². The molecular weight excluding hydrogens is 688 g/mol. The zero-order chi connectivity index (χ0) is 38.4. The highest BCUT2D eigenvalue weighted by molar-refractivity contribution is 6.25. The summed E-state index contributed by atoms with van der Waals surface area (Å²) in [6, 6.07) is 23.9. The number of hydrogen-bond acceptors (Lipinski definition) is 10. The van der Waals surface area contributed by atoms with Crippen LogP contribution in [0.2, 0.25) is 0 Å². The molecule has 1 saturated heterocycles. The highest BCUT2D eigenvalue weighted by Gasteiger charge is 2.41. The third-order valence-electron chi connectivity index (χ3n) is 8.81. The molecule has 54 heavy (non-hydrogen) atoms. The molecule has 3 heterocycles. The summed E-state index contributed by atoms with van der Waals surface area (Å²) in [5.74, 6) is -2.73. The van der Waals surface area contributed by atoms with Crippen LogP contribution >= 0.6 is 0 Å². The van der Waals surface area contributed by atoms with Gasteiger partial charge in [0.2, 0.25) is 11.8 Å². The number of nitrogens with zero attached hydrogens (tertiary/aromatic N) is 4. The van der Waals surface area contributed by atoms with E-state index in [1.54, 1.807) is 71.4 Å². The summed E-state index contributed by atoms with van der Waals surface area (Å²) >= 11 is 0. The summed E-state index contributed by atoms with van der Waals surface area (Å²) in [6.07, 6.45) is 3.47. The molecular formula is C42H38N4O8. The first kappa shape index (κ1) is 37.1. The lowest BCUT2D eigenvalue weighted by molar-refractivity contribution is -0.114. The minimum absolute atomic E-state index is 0.0766. The standard InChI is InChI=1S/C42H38N4O8/c1-6-11-28(7-2)38(47)46(39(48)29-12-9-8-10-13-29)42-43-36-32(37(44-42)51-5)22-23-45(36)35-24-33(54-41(50)31-20-16-27(4)17-21-31)34(53-35)25-52-40(49)30-18-14-26(3)15-19-30/h6-23,33-35H,1-2,24-25H2,3-5H3/b28-11+. The van der Waals surface area contributed by atoms with Crippen LogP contribution in [0.25, 0.3) is 11.0 Å². The summed E-state index contributed by atoms with van der Waals surface area (Å²) in [5.41, 5.74) is 3.24. The lowest BCUT2D eigenvalue weighted by atomic mass is 10.1. The van der Waals surface area contributed by atoms with Crippen molar-refractivity contribution in [2.45, 2.75) is 38.7 Å². The number of allylic oxidation sites excluding steroid dienone is 2. The molecule has 2 aromatic heterocycles. The normalized spacial score (nSPS) is 16.7. The van der Waals surface area contributed by atoms with Gasteiger partial charge < -0.3 is 23.5 Å². The minimum atomic E-state index is -0.864. The van der Waals surface area contributed by atoms with Gasteiger partial charge in [-0.05, 0) is 56.3 Å². The maximum Gasteiger partial charge on any atom is 0.338 e. The molecule has 2 amide bonds. The topological polar surface area (TPSA) is 139 Å². The summed E-state index contributed by atoms with van der Waals surface area (Å²) < 4.78 is 25.4. The lowest BCUT2D eigenvalue weighted by Crippen LogP contribution is -2.39. The van der Waals surface area contributed by atoms with Gasteiger partial charge in [-0.1, -0.05) is 85.0 Å². The number of benzene rings is 3. The van der Waals surface area contributed by atoms with Crippen molar-refractivity contribution in [3.05, 3.63) is 156 Å². The fourth-order valence-corrected chi connectivity index (χ4v) is 5.92. The molecule has 5 aromatic rings. The number of amides is 2. The number of anilines is 1. The summed E-state index contributed by atoms with van der Waals surface area (Å²) in [6.45, 7) is 11.0. The molecule has 0 spiro atoms. The number of rotatable bonds is 12. The van der Waals surface area contributed by atoms with Crippen molar-refractivity contribution in [2.75, 3.05) is 18.6 Å². The second-order valence-electron chi connectivity index (χ2n) is 12.5. The van der Waals surface area contributed by atoms with E-state index < -0.39 is 42.2 Å². The first-order valence-corrected chi connectivity index (χ1v) is 17.1. The Kier molecular flexibility index (Phi) is 11.2. The lowest BCUT2D eigenvalue weighted by Gasteiger charge is -2.21. The molecule has 12 nitrogen and oxygen atoms in total. The van der Waals surface area contributed by atoms with Crippen molar-refractivity contribution in [1.29, 1.82) is 0 Å². The van der Waals surface area contributed by atoms with Crippen molar-refractivity contribution < 1.29 is 38.1 Å². The van der Waals surface area contributed by atoms with E-state index in [0.29, 0.717) is 16.5 Å². The van der Waals surface area contributed by atoms with Crippen molar-refractivity contribution >= 4 is 40.7 Å². The molecule has 1 fully saturated rings. The molecule has 1 aliphatic heterocycles. The fraction of sp³-hybridized carbons (Fsp3) is 0.190.